The van der Waals surface area contributed by atoms with Crippen molar-refractivity contribution in [3.63, 3.8) is 0 Å². The molecular weight excluding hydrogens is 320 g/mol. The quantitative estimate of drug-likeness (QED) is 0.471. The predicted molar refractivity (Wildman–Crippen MR) is 85.1 cm³/mol. The number of rotatable bonds is 3. The minimum absolute atomic E-state index is 0.109. The molecule has 1 aromatic carbocycles. The Morgan fingerprint density at radius 2 is 2.10 bits per heavy atom. The van der Waals surface area contributed by atoms with Crippen LogP contribution in [-0.4, -0.2) is 11.0 Å². The lowest BCUT2D eigenvalue weighted by atomic mass is 9.85. The van der Waals surface area contributed by atoms with E-state index in [2.05, 4.69) is 35.1 Å². The van der Waals surface area contributed by atoms with Crippen LogP contribution in [0.1, 0.15) is 46.0 Å². The van der Waals surface area contributed by atoms with Gasteiger partial charge in [0.15, 0.2) is 0 Å². The van der Waals surface area contributed by atoms with Gasteiger partial charge in [-0.15, -0.1) is 0 Å². The van der Waals surface area contributed by atoms with Gasteiger partial charge in [-0.05, 0) is 59.2 Å². The van der Waals surface area contributed by atoms with Gasteiger partial charge in [-0.3, -0.25) is 10.1 Å². The fourth-order valence-electron chi connectivity index (χ4n) is 2.79. The fourth-order valence-corrected chi connectivity index (χ4v) is 3.31. The summed E-state index contributed by atoms with van der Waals surface area (Å²) in [6.07, 6.45) is 6.05. The summed E-state index contributed by atoms with van der Waals surface area (Å²) in [6, 6.07) is 5.60. The lowest BCUT2D eigenvalue weighted by molar-refractivity contribution is -0.385. The smallest absolute Gasteiger partial charge is 0.283 e. The van der Waals surface area contributed by atoms with Crippen molar-refractivity contribution in [3.8, 4) is 0 Å². The van der Waals surface area contributed by atoms with Gasteiger partial charge in [0.25, 0.3) is 5.69 Å². The zero-order valence-corrected chi connectivity index (χ0v) is 13.6. The van der Waals surface area contributed by atoms with Crippen LogP contribution in [0.15, 0.2) is 22.7 Å². The van der Waals surface area contributed by atoms with E-state index < -0.39 is 0 Å². The van der Waals surface area contributed by atoms with Crippen LogP contribution in [0.4, 0.5) is 11.4 Å². The molecule has 1 aliphatic rings. The number of halogens is 1. The normalized spacial score (nSPS) is 22.1. The zero-order chi connectivity index (χ0) is 14.8. The Labute approximate surface area is 128 Å². The van der Waals surface area contributed by atoms with Crippen molar-refractivity contribution in [2.45, 2.75) is 52.0 Å². The van der Waals surface area contributed by atoms with E-state index >= 15 is 0 Å². The van der Waals surface area contributed by atoms with Crippen molar-refractivity contribution < 1.29 is 4.92 Å². The summed E-state index contributed by atoms with van der Waals surface area (Å²) in [6.45, 7) is 4.66. The number of benzene rings is 1. The molecule has 1 saturated carbocycles. The van der Waals surface area contributed by atoms with Crippen LogP contribution < -0.4 is 5.32 Å². The SMILES string of the molecule is CC1(C)CCCC(Nc2ccc([N+](=O)[O-])c(Br)c2)CC1. The van der Waals surface area contributed by atoms with Gasteiger partial charge in [-0.25, -0.2) is 0 Å². The van der Waals surface area contributed by atoms with Crippen molar-refractivity contribution in [1.29, 1.82) is 0 Å². The summed E-state index contributed by atoms with van der Waals surface area (Å²) < 4.78 is 0.529. The average molecular weight is 341 g/mol. The molecule has 2 rings (SSSR count). The third-order valence-corrected chi connectivity index (χ3v) is 4.73. The van der Waals surface area contributed by atoms with Gasteiger partial charge in [-0.2, -0.15) is 0 Å². The highest BCUT2D eigenvalue weighted by Gasteiger charge is 2.24. The van der Waals surface area contributed by atoms with Crippen LogP contribution in [0.2, 0.25) is 0 Å². The lowest BCUT2D eigenvalue weighted by Crippen LogP contribution is -2.19. The van der Waals surface area contributed by atoms with E-state index in [-0.39, 0.29) is 10.6 Å². The second-order valence-electron chi connectivity index (χ2n) is 6.36. The third kappa shape index (κ3) is 3.95. The third-order valence-electron chi connectivity index (χ3n) is 4.09. The summed E-state index contributed by atoms with van der Waals surface area (Å²) in [5, 5.41) is 14.3. The molecule has 0 spiro atoms. The molecule has 1 N–H and O–H groups in total. The van der Waals surface area contributed by atoms with E-state index in [9.17, 15) is 10.1 Å². The van der Waals surface area contributed by atoms with E-state index in [4.69, 9.17) is 0 Å². The topological polar surface area (TPSA) is 55.2 Å². The first kappa shape index (κ1) is 15.3. The Morgan fingerprint density at radius 3 is 2.75 bits per heavy atom. The van der Waals surface area contributed by atoms with Crippen molar-refractivity contribution in [2.75, 3.05) is 5.32 Å². The Balaban J connectivity index is 2.03. The molecule has 5 heteroatoms. The molecule has 0 aliphatic heterocycles. The summed E-state index contributed by atoms with van der Waals surface area (Å²) in [5.41, 5.74) is 1.50. The molecule has 20 heavy (non-hydrogen) atoms. The van der Waals surface area contributed by atoms with Crippen molar-refractivity contribution >= 4 is 27.3 Å². The number of nitro groups is 1. The molecule has 0 radical (unpaired) electrons. The zero-order valence-electron chi connectivity index (χ0n) is 12.0. The standard InChI is InChI=1S/C15H21BrN2O2/c1-15(2)8-3-4-11(7-9-15)17-12-5-6-14(18(19)20)13(16)10-12/h5-6,10-11,17H,3-4,7-9H2,1-2H3. The van der Waals surface area contributed by atoms with Gasteiger partial charge < -0.3 is 5.32 Å². The highest BCUT2D eigenvalue weighted by molar-refractivity contribution is 9.10. The first-order valence-electron chi connectivity index (χ1n) is 7.08. The van der Waals surface area contributed by atoms with Crippen LogP contribution in [0.25, 0.3) is 0 Å². The Kier molecular flexibility index (Phi) is 4.68. The van der Waals surface area contributed by atoms with Crippen LogP contribution in [0.3, 0.4) is 0 Å². The van der Waals surface area contributed by atoms with Gasteiger partial charge >= 0.3 is 0 Å². The van der Waals surface area contributed by atoms with Crippen LogP contribution in [0, 0.1) is 15.5 Å². The number of hydrogen-bond donors (Lipinski definition) is 1. The highest BCUT2D eigenvalue weighted by Crippen LogP contribution is 2.35. The number of nitrogens with zero attached hydrogens (tertiary/aromatic N) is 1. The van der Waals surface area contributed by atoms with E-state index in [0.717, 1.165) is 18.5 Å². The predicted octanol–water partition coefficient (Wildman–Crippen LogP) is 5.13. The van der Waals surface area contributed by atoms with Crippen LogP contribution in [0.5, 0.6) is 0 Å². The first-order chi connectivity index (χ1) is 9.37. The minimum atomic E-state index is -0.373. The molecular formula is C15H21BrN2O2. The number of nitro benzene ring substituents is 1. The summed E-state index contributed by atoms with van der Waals surface area (Å²) in [4.78, 5) is 10.4. The maximum absolute atomic E-state index is 10.8. The average Bonchev–Trinajstić information content (AvgIpc) is 2.51. The lowest BCUT2D eigenvalue weighted by Gasteiger charge is -2.22. The van der Waals surface area contributed by atoms with E-state index in [0.29, 0.717) is 15.9 Å². The van der Waals surface area contributed by atoms with E-state index in [1.807, 2.05) is 0 Å². The van der Waals surface area contributed by atoms with Gasteiger partial charge in [-0.1, -0.05) is 20.3 Å². The molecule has 0 bridgehead atoms. The molecule has 0 amide bonds. The van der Waals surface area contributed by atoms with Crippen molar-refractivity contribution in [2.24, 2.45) is 5.41 Å². The highest BCUT2D eigenvalue weighted by atomic mass is 79.9. The monoisotopic (exact) mass is 340 g/mol. The Morgan fingerprint density at radius 1 is 1.35 bits per heavy atom. The Hall–Kier alpha value is -1.10. The van der Waals surface area contributed by atoms with E-state index in [1.54, 1.807) is 18.2 Å². The van der Waals surface area contributed by atoms with Gasteiger partial charge in [0.1, 0.15) is 0 Å². The summed E-state index contributed by atoms with van der Waals surface area (Å²) >= 11 is 3.26. The van der Waals surface area contributed by atoms with Gasteiger partial charge in [0.2, 0.25) is 0 Å². The maximum Gasteiger partial charge on any atom is 0.283 e. The number of nitrogens with one attached hydrogen (secondary N) is 1. The molecule has 1 fully saturated rings. The largest absolute Gasteiger partial charge is 0.382 e. The summed E-state index contributed by atoms with van der Waals surface area (Å²) in [7, 11) is 0. The number of hydrogen-bond acceptors (Lipinski definition) is 3. The molecule has 1 aromatic rings. The van der Waals surface area contributed by atoms with Crippen LogP contribution >= 0.6 is 15.9 Å². The summed E-state index contributed by atoms with van der Waals surface area (Å²) in [5.74, 6) is 0. The Bertz CT molecular complexity index is 503. The molecule has 0 saturated heterocycles. The second-order valence-corrected chi connectivity index (χ2v) is 7.21. The molecule has 0 heterocycles. The molecule has 1 aliphatic carbocycles. The number of anilines is 1. The van der Waals surface area contributed by atoms with Gasteiger partial charge in [0.05, 0.1) is 9.40 Å². The van der Waals surface area contributed by atoms with E-state index in [1.165, 1.54) is 19.3 Å². The van der Waals surface area contributed by atoms with Gasteiger partial charge in [0, 0.05) is 17.8 Å². The van der Waals surface area contributed by atoms with Crippen molar-refractivity contribution in [3.05, 3.63) is 32.8 Å². The second kappa shape index (κ2) is 6.12. The first-order valence-corrected chi connectivity index (χ1v) is 7.87. The van der Waals surface area contributed by atoms with Crippen LogP contribution in [-0.2, 0) is 0 Å². The molecule has 1 unspecified atom stereocenters. The minimum Gasteiger partial charge on any atom is -0.382 e. The maximum atomic E-state index is 10.8. The molecule has 4 nitrogen and oxygen atoms in total. The fraction of sp³-hybridized carbons (Fsp3) is 0.600. The molecule has 1 atom stereocenters. The molecule has 0 aromatic heterocycles. The van der Waals surface area contributed by atoms with Crippen molar-refractivity contribution in [1.82, 2.24) is 0 Å². The molecule has 110 valence electrons.